The van der Waals surface area contributed by atoms with E-state index >= 15 is 0 Å². The molecule has 0 saturated carbocycles. The minimum Gasteiger partial charge on any atom is -0.504 e. The Balaban J connectivity index is 0.000000380. The molecule has 0 spiro atoms. The Morgan fingerprint density at radius 3 is 1.76 bits per heavy atom. The summed E-state index contributed by atoms with van der Waals surface area (Å²) in [6.07, 6.45) is 13.6. The van der Waals surface area contributed by atoms with Crippen LogP contribution in [0.2, 0.25) is 0 Å². The number of hydrogen-bond donors (Lipinski definition) is 3. The van der Waals surface area contributed by atoms with Gasteiger partial charge in [0.1, 0.15) is 5.78 Å². The van der Waals surface area contributed by atoms with Crippen molar-refractivity contribution < 1.29 is 29.6 Å². The van der Waals surface area contributed by atoms with Crippen LogP contribution in [0.15, 0.2) is 36.4 Å². The summed E-state index contributed by atoms with van der Waals surface area (Å²) in [5.41, 5.74) is 2.11. The highest BCUT2D eigenvalue weighted by molar-refractivity contribution is 5.78. The van der Waals surface area contributed by atoms with Crippen LogP contribution in [0, 0.1) is 0 Å². The smallest absolute Gasteiger partial charge is 0.160 e. The van der Waals surface area contributed by atoms with Gasteiger partial charge in [0.05, 0.1) is 20.3 Å². The zero-order valence-corrected chi connectivity index (χ0v) is 24.0. The van der Waals surface area contributed by atoms with Crippen molar-refractivity contribution in [1.82, 2.24) is 0 Å². The van der Waals surface area contributed by atoms with Crippen molar-refractivity contribution in [2.45, 2.75) is 110 Å². The van der Waals surface area contributed by atoms with Crippen molar-refractivity contribution in [2.75, 3.05) is 14.2 Å². The Hall–Kier alpha value is -2.73. The second-order valence-corrected chi connectivity index (χ2v) is 9.90. The summed E-state index contributed by atoms with van der Waals surface area (Å²) in [5.74, 6) is 1.58. The number of aryl methyl sites for hydroxylation is 2. The van der Waals surface area contributed by atoms with Crippen LogP contribution in [0.25, 0.3) is 0 Å². The molecule has 3 N–H and O–H groups in total. The van der Waals surface area contributed by atoms with Crippen LogP contribution in [0.3, 0.4) is 0 Å². The van der Waals surface area contributed by atoms with E-state index in [2.05, 4.69) is 13.8 Å². The van der Waals surface area contributed by atoms with Crippen molar-refractivity contribution in [2.24, 2.45) is 0 Å². The Labute approximate surface area is 230 Å². The standard InChI is InChI=1S/C16H26O3.C16H24O3/c2*1-3-4-5-6-7-14(17)10-8-13-9-11-15(18)16(12-13)19-2/h9,11-12,14,17-18H,3-8,10H2,1-2H3;9,11-12,18H,3-8,10H2,1-2H3. The van der Waals surface area contributed by atoms with Gasteiger partial charge in [-0.1, -0.05) is 70.9 Å². The van der Waals surface area contributed by atoms with E-state index in [4.69, 9.17) is 9.47 Å². The van der Waals surface area contributed by atoms with Crippen molar-refractivity contribution in [3.05, 3.63) is 47.5 Å². The van der Waals surface area contributed by atoms with Crippen molar-refractivity contribution >= 4 is 5.78 Å². The van der Waals surface area contributed by atoms with Gasteiger partial charge >= 0.3 is 0 Å². The number of aromatic hydroxyl groups is 2. The zero-order chi connectivity index (χ0) is 28.2. The molecule has 2 aromatic carbocycles. The van der Waals surface area contributed by atoms with Crippen LogP contribution in [0.5, 0.6) is 23.0 Å². The summed E-state index contributed by atoms with van der Waals surface area (Å²) in [5, 5.41) is 28.9. The normalized spacial score (nSPS) is 11.4. The fourth-order valence-electron chi connectivity index (χ4n) is 4.20. The monoisotopic (exact) mass is 530 g/mol. The third-order valence-electron chi connectivity index (χ3n) is 6.65. The van der Waals surface area contributed by atoms with Crippen molar-refractivity contribution in [3.63, 3.8) is 0 Å². The van der Waals surface area contributed by atoms with Gasteiger partial charge in [0.2, 0.25) is 0 Å². The van der Waals surface area contributed by atoms with E-state index in [0.29, 0.717) is 36.5 Å². The molecule has 1 unspecified atom stereocenters. The minimum atomic E-state index is -0.225. The van der Waals surface area contributed by atoms with E-state index in [1.54, 1.807) is 25.3 Å². The van der Waals surface area contributed by atoms with Gasteiger partial charge in [-0.3, -0.25) is 4.79 Å². The Bertz CT molecular complexity index is 911. The van der Waals surface area contributed by atoms with Crippen LogP contribution in [0.1, 0.15) is 102 Å². The third-order valence-corrected chi connectivity index (χ3v) is 6.65. The number of ketones is 1. The number of aliphatic hydroxyl groups is 1. The predicted octanol–water partition coefficient (Wildman–Crippen LogP) is 7.54. The van der Waals surface area contributed by atoms with Crippen LogP contribution < -0.4 is 9.47 Å². The van der Waals surface area contributed by atoms with Gasteiger partial charge in [0, 0.05) is 12.8 Å². The molecular weight excluding hydrogens is 480 g/mol. The lowest BCUT2D eigenvalue weighted by Crippen LogP contribution is -2.07. The average Bonchev–Trinajstić information content (AvgIpc) is 2.93. The van der Waals surface area contributed by atoms with Gasteiger partial charge in [-0.25, -0.2) is 0 Å². The maximum Gasteiger partial charge on any atom is 0.160 e. The average molecular weight is 531 g/mol. The highest BCUT2D eigenvalue weighted by Gasteiger charge is 2.08. The van der Waals surface area contributed by atoms with Crippen molar-refractivity contribution in [1.29, 1.82) is 0 Å². The summed E-state index contributed by atoms with van der Waals surface area (Å²) < 4.78 is 10.1. The Kier molecular flexibility index (Phi) is 17.8. The molecule has 0 aliphatic rings. The molecule has 214 valence electrons. The van der Waals surface area contributed by atoms with E-state index in [1.807, 2.05) is 18.2 Å². The largest absolute Gasteiger partial charge is 0.504 e. The predicted molar refractivity (Wildman–Crippen MR) is 154 cm³/mol. The summed E-state index contributed by atoms with van der Waals surface area (Å²) in [6, 6.07) is 10.6. The fraction of sp³-hybridized carbons (Fsp3) is 0.594. The lowest BCUT2D eigenvalue weighted by molar-refractivity contribution is -0.119. The number of hydrogen-bond acceptors (Lipinski definition) is 6. The first-order valence-corrected chi connectivity index (χ1v) is 14.3. The fourth-order valence-corrected chi connectivity index (χ4v) is 4.20. The molecule has 0 heterocycles. The van der Waals surface area contributed by atoms with Gasteiger partial charge in [0.25, 0.3) is 0 Å². The number of benzene rings is 2. The molecule has 0 fully saturated rings. The molecule has 0 aromatic heterocycles. The summed E-state index contributed by atoms with van der Waals surface area (Å²) in [7, 11) is 3.07. The number of rotatable bonds is 18. The second-order valence-electron chi connectivity index (χ2n) is 9.90. The van der Waals surface area contributed by atoms with Crippen LogP contribution in [-0.4, -0.2) is 41.4 Å². The molecule has 38 heavy (non-hydrogen) atoms. The number of carbonyl (C=O) groups excluding carboxylic acids is 1. The van der Waals surface area contributed by atoms with Crippen LogP contribution >= 0.6 is 0 Å². The van der Waals surface area contributed by atoms with E-state index in [-0.39, 0.29) is 17.6 Å². The zero-order valence-electron chi connectivity index (χ0n) is 24.0. The van der Waals surface area contributed by atoms with Crippen molar-refractivity contribution in [3.8, 4) is 23.0 Å². The molecule has 2 aromatic rings. The molecule has 0 aliphatic heterocycles. The van der Waals surface area contributed by atoms with Gasteiger partial charge in [-0.2, -0.15) is 0 Å². The number of Topliss-reactive ketones (excluding diaryl/α,β-unsaturated/α-hetero) is 1. The number of aliphatic hydroxyl groups excluding tert-OH is 1. The first-order chi connectivity index (χ1) is 18.3. The van der Waals surface area contributed by atoms with E-state index < -0.39 is 0 Å². The highest BCUT2D eigenvalue weighted by Crippen LogP contribution is 2.28. The molecule has 2 rings (SSSR count). The van der Waals surface area contributed by atoms with Gasteiger partial charge in [-0.15, -0.1) is 0 Å². The number of ether oxygens (including phenoxy) is 2. The second kappa shape index (κ2) is 20.3. The van der Waals surface area contributed by atoms with Gasteiger partial charge < -0.3 is 24.8 Å². The SMILES string of the molecule is CCCCCCC(=O)CCc1ccc(O)c(OC)c1.CCCCCCC(O)CCc1ccc(O)c(OC)c1. The molecule has 1 atom stereocenters. The quantitative estimate of drug-likeness (QED) is 0.172. The van der Waals surface area contributed by atoms with Gasteiger partial charge in [-0.05, 0) is 67.5 Å². The molecule has 0 bridgehead atoms. The Morgan fingerprint density at radius 1 is 0.711 bits per heavy atom. The molecule has 0 aliphatic carbocycles. The number of unbranched alkanes of at least 4 members (excludes halogenated alkanes) is 6. The van der Waals surface area contributed by atoms with E-state index in [0.717, 1.165) is 49.7 Å². The van der Waals surface area contributed by atoms with Crippen LogP contribution in [-0.2, 0) is 17.6 Å². The lowest BCUT2D eigenvalue weighted by atomic mass is 10.0. The maximum atomic E-state index is 11.7. The molecule has 6 heteroatoms. The van der Waals surface area contributed by atoms with E-state index in [9.17, 15) is 20.1 Å². The number of carbonyl (C=O) groups is 1. The number of phenolic OH excluding ortho intramolecular Hbond substituents is 2. The summed E-state index contributed by atoms with van der Waals surface area (Å²) >= 11 is 0. The first-order valence-electron chi connectivity index (χ1n) is 14.3. The molecule has 0 radical (unpaired) electrons. The first kappa shape index (κ1) is 33.3. The topological polar surface area (TPSA) is 96.2 Å². The minimum absolute atomic E-state index is 0.136. The molecule has 0 amide bonds. The molecule has 0 saturated heterocycles. The van der Waals surface area contributed by atoms with E-state index in [1.165, 1.54) is 39.2 Å². The number of phenols is 2. The number of methoxy groups -OCH3 is 2. The highest BCUT2D eigenvalue weighted by atomic mass is 16.5. The third kappa shape index (κ3) is 14.3. The summed E-state index contributed by atoms with van der Waals surface area (Å²) in [4.78, 5) is 11.7. The summed E-state index contributed by atoms with van der Waals surface area (Å²) in [6.45, 7) is 4.36. The lowest BCUT2D eigenvalue weighted by Gasteiger charge is -2.11. The Morgan fingerprint density at radius 2 is 1.24 bits per heavy atom. The molecular formula is C32H50O6. The molecule has 6 nitrogen and oxygen atoms in total. The van der Waals surface area contributed by atoms with Crippen LogP contribution in [0.4, 0.5) is 0 Å². The van der Waals surface area contributed by atoms with Gasteiger partial charge in [0.15, 0.2) is 23.0 Å². The maximum absolute atomic E-state index is 11.7.